The topological polar surface area (TPSA) is 58.3 Å². The number of guanidine groups is 1. The highest BCUT2D eigenvalue weighted by Crippen LogP contribution is 2.09. The van der Waals surface area contributed by atoms with Crippen molar-refractivity contribution in [3.05, 3.63) is 55.1 Å². The Morgan fingerprint density at radius 2 is 2.08 bits per heavy atom. The summed E-state index contributed by atoms with van der Waals surface area (Å²) in [4.78, 5) is 6.51. The first-order valence-electron chi connectivity index (χ1n) is 8.73. The number of unbranched alkanes of at least 4 members (excludes halogenated alkanes) is 3. The molecule has 0 amide bonds. The molecule has 2 rings (SSSR count). The van der Waals surface area contributed by atoms with E-state index in [9.17, 15) is 0 Å². The number of rotatable bonds is 9. The van der Waals surface area contributed by atoms with E-state index in [1.54, 1.807) is 13.4 Å². The van der Waals surface area contributed by atoms with Gasteiger partial charge in [-0.1, -0.05) is 30.7 Å². The van der Waals surface area contributed by atoms with Crippen LogP contribution < -0.4 is 5.32 Å². The minimum absolute atomic E-state index is 0.572. The molecule has 1 heterocycles. The maximum atomic E-state index is 4.36. The van der Waals surface area contributed by atoms with Gasteiger partial charge in [-0.05, 0) is 31.4 Å². The van der Waals surface area contributed by atoms with Crippen molar-refractivity contribution in [1.29, 1.82) is 0 Å². The predicted octanol–water partition coefficient (Wildman–Crippen LogP) is 3.02. The molecule has 0 aliphatic rings. The molecule has 6 nitrogen and oxygen atoms in total. The van der Waals surface area contributed by atoms with Gasteiger partial charge in [-0.25, -0.2) is 0 Å². The SMILES string of the molecule is C=CCCCCCN(C)C(=NC)NCc1nncn1-c1ccccc1. The zero-order valence-corrected chi connectivity index (χ0v) is 15.2. The molecular weight excluding hydrogens is 312 g/mol. The van der Waals surface area contributed by atoms with Crippen molar-refractivity contribution in [3.63, 3.8) is 0 Å². The largest absolute Gasteiger partial charge is 0.349 e. The normalized spacial score (nSPS) is 11.4. The van der Waals surface area contributed by atoms with Gasteiger partial charge in [0, 0.05) is 26.3 Å². The Labute approximate surface area is 150 Å². The van der Waals surface area contributed by atoms with Gasteiger partial charge in [0.05, 0.1) is 6.54 Å². The third-order valence-corrected chi connectivity index (χ3v) is 4.03. The number of nitrogens with zero attached hydrogens (tertiary/aromatic N) is 5. The molecule has 1 aromatic carbocycles. The van der Waals surface area contributed by atoms with Gasteiger partial charge >= 0.3 is 0 Å². The molecule has 1 aromatic heterocycles. The van der Waals surface area contributed by atoms with E-state index in [4.69, 9.17) is 0 Å². The van der Waals surface area contributed by atoms with Gasteiger partial charge < -0.3 is 10.2 Å². The van der Waals surface area contributed by atoms with Gasteiger partial charge in [0.1, 0.15) is 6.33 Å². The van der Waals surface area contributed by atoms with Crippen LogP contribution in [-0.2, 0) is 6.54 Å². The summed E-state index contributed by atoms with van der Waals surface area (Å²) >= 11 is 0. The first-order valence-corrected chi connectivity index (χ1v) is 8.73. The first kappa shape index (κ1) is 18.7. The standard InChI is InChI=1S/C19H28N6/c1-4-5-6-7-11-14-24(3)19(20-2)21-15-18-23-22-16-25(18)17-12-9-8-10-13-17/h4,8-10,12-13,16H,1,5-7,11,14-15H2,2-3H3,(H,20,21). The van der Waals surface area contributed by atoms with Crippen LogP contribution in [0.25, 0.3) is 5.69 Å². The molecule has 1 N–H and O–H groups in total. The summed E-state index contributed by atoms with van der Waals surface area (Å²) in [6.45, 7) is 5.31. The molecule has 0 radical (unpaired) electrons. The lowest BCUT2D eigenvalue weighted by molar-refractivity contribution is 0.454. The summed E-state index contributed by atoms with van der Waals surface area (Å²) in [5.74, 6) is 1.72. The van der Waals surface area contributed by atoms with E-state index in [0.717, 1.165) is 36.9 Å². The van der Waals surface area contributed by atoms with Gasteiger partial charge in [0.25, 0.3) is 0 Å². The smallest absolute Gasteiger partial charge is 0.193 e. The second-order valence-electron chi connectivity index (χ2n) is 5.91. The van der Waals surface area contributed by atoms with Crippen molar-refractivity contribution in [2.75, 3.05) is 20.6 Å². The van der Waals surface area contributed by atoms with Gasteiger partial charge in [0.2, 0.25) is 0 Å². The third kappa shape index (κ3) is 5.74. The highest BCUT2D eigenvalue weighted by Gasteiger charge is 2.09. The fourth-order valence-electron chi connectivity index (χ4n) is 2.65. The summed E-state index contributed by atoms with van der Waals surface area (Å²) in [7, 11) is 3.86. The van der Waals surface area contributed by atoms with Crippen LogP contribution >= 0.6 is 0 Å². The Balaban J connectivity index is 1.87. The lowest BCUT2D eigenvalue weighted by atomic mass is 10.2. The summed E-state index contributed by atoms with van der Waals surface area (Å²) in [5, 5.41) is 11.6. The molecular formula is C19H28N6. The van der Waals surface area contributed by atoms with Crippen LogP contribution in [0.1, 0.15) is 31.5 Å². The summed E-state index contributed by atoms with van der Waals surface area (Å²) in [5.41, 5.74) is 1.05. The Morgan fingerprint density at radius 1 is 1.28 bits per heavy atom. The van der Waals surface area contributed by atoms with Gasteiger partial charge in [-0.3, -0.25) is 9.56 Å². The average Bonchev–Trinajstić information content (AvgIpc) is 3.11. The number of para-hydroxylation sites is 1. The average molecular weight is 340 g/mol. The molecule has 134 valence electrons. The predicted molar refractivity (Wildman–Crippen MR) is 103 cm³/mol. The number of hydrogen-bond acceptors (Lipinski definition) is 3. The highest BCUT2D eigenvalue weighted by atomic mass is 15.3. The molecule has 0 saturated carbocycles. The molecule has 2 aromatic rings. The molecule has 0 aliphatic heterocycles. The van der Waals surface area contributed by atoms with Gasteiger partial charge in [0.15, 0.2) is 11.8 Å². The van der Waals surface area contributed by atoms with Crippen molar-refractivity contribution in [3.8, 4) is 5.69 Å². The molecule has 0 fully saturated rings. The van der Waals surface area contributed by atoms with Crippen molar-refractivity contribution in [1.82, 2.24) is 25.0 Å². The Bertz CT molecular complexity index is 662. The molecule has 0 saturated heterocycles. The van der Waals surface area contributed by atoms with Crippen molar-refractivity contribution in [2.45, 2.75) is 32.2 Å². The number of hydrogen-bond donors (Lipinski definition) is 1. The van der Waals surface area contributed by atoms with E-state index < -0.39 is 0 Å². The zero-order chi connectivity index (χ0) is 17.9. The van der Waals surface area contributed by atoms with Crippen LogP contribution in [0.3, 0.4) is 0 Å². The number of nitrogens with one attached hydrogen (secondary N) is 1. The summed E-state index contributed by atoms with van der Waals surface area (Å²) in [6, 6.07) is 10.1. The molecule has 25 heavy (non-hydrogen) atoms. The van der Waals surface area contributed by atoms with Gasteiger partial charge in [-0.15, -0.1) is 16.8 Å². The lowest BCUT2D eigenvalue weighted by Gasteiger charge is -2.22. The zero-order valence-electron chi connectivity index (χ0n) is 15.2. The van der Waals surface area contributed by atoms with Crippen molar-refractivity contribution >= 4 is 5.96 Å². The van der Waals surface area contributed by atoms with Crippen LogP contribution in [0.15, 0.2) is 54.3 Å². The Kier molecular flexibility index (Phi) is 7.69. The molecule has 0 unspecified atom stereocenters. The minimum atomic E-state index is 0.572. The Hall–Kier alpha value is -2.63. The van der Waals surface area contributed by atoms with E-state index in [0.29, 0.717) is 6.54 Å². The number of aromatic nitrogens is 3. The fourth-order valence-corrected chi connectivity index (χ4v) is 2.65. The number of aliphatic imine (C=N–C) groups is 1. The molecule has 0 atom stereocenters. The molecule has 0 spiro atoms. The van der Waals surface area contributed by atoms with Crippen molar-refractivity contribution in [2.24, 2.45) is 4.99 Å². The molecule has 0 aliphatic carbocycles. The van der Waals surface area contributed by atoms with Crippen LogP contribution in [0.5, 0.6) is 0 Å². The monoisotopic (exact) mass is 340 g/mol. The van der Waals surface area contributed by atoms with Crippen LogP contribution in [-0.4, -0.2) is 46.3 Å². The van der Waals surface area contributed by atoms with Gasteiger partial charge in [-0.2, -0.15) is 0 Å². The molecule has 6 heteroatoms. The van der Waals surface area contributed by atoms with Crippen LogP contribution in [0.2, 0.25) is 0 Å². The van der Waals surface area contributed by atoms with E-state index in [1.807, 2.05) is 41.0 Å². The minimum Gasteiger partial charge on any atom is -0.349 e. The highest BCUT2D eigenvalue weighted by molar-refractivity contribution is 5.79. The third-order valence-electron chi connectivity index (χ3n) is 4.03. The van der Waals surface area contributed by atoms with Crippen LogP contribution in [0, 0.1) is 0 Å². The first-order chi connectivity index (χ1) is 12.3. The summed E-state index contributed by atoms with van der Waals surface area (Å²) < 4.78 is 1.98. The second kappa shape index (κ2) is 10.3. The van der Waals surface area contributed by atoms with Crippen molar-refractivity contribution < 1.29 is 0 Å². The number of benzene rings is 1. The second-order valence-corrected chi connectivity index (χ2v) is 5.91. The fraction of sp³-hybridized carbons (Fsp3) is 0.421. The molecule has 0 bridgehead atoms. The lowest BCUT2D eigenvalue weighted by Crippen LogP contribution is -2.39. The Morgan fingerprint density at radius 3 is 2.80 bits per heavy atom. The van der Waals surface area contributed by atoms with E-state index >= 15 is 0 Å². The number of allylic oxidation sites excluding steroid dienone is 1. The maximum absolute atomic E-state index is 4.36. The van der Waals surface area contributed by atoms with Crippen LogP contribution in [0.4, 0.5) is 0 Å². The quantitative estimate of drug-likeness (QED) is 0.330. The van der Waals surface area contributed by atoms with E-state index in [2.05, 4.69) is 39.0 Å². The maximum Gasteiger partial charge on any atom is 0.193 e. The van der Waals surface area contributed by atoms with E-state index in [1.165, 1.54) is 12.8 Å². The van der Waals surface area contributed by atoms with E-state index in [-0.39, 0.29) is 0 Å². The summed E-state index contributed by atoms with van der Waals surface area (Å²) in [6.07, 6.45) is 8.35.